The van der Waals surface area contributed by atoms with Crippen molar-refractivity contribution < 1.29 is 14.3 Å². The van der Waals surface area contributed by atoms with Gasteiger partial charge in [0.1, 0.15) is 17.4 Å². The summed E-state index contributed by atoms with van der Waals surface area (Å²) in [6, 6.07) is 7.46. The standard InChI is InChI=1S/C15H19N3O3/c1-4-20-12-8-6-7-11(9-12)18-10(3)17-13(14(18)16)15(19)21-5-2/h6-9H,4-5,16H2,1-3H3. The Morgan fingerprint density at radius 1 is 1.33 bits per heavy atom. The number of benzene rings is 1. The minimum Gasteiger partial charge on any atom is -0.494 e. The Labute approximate surface area is 123 Å². The van der Waals surface area contributed by atoms with Crippen LogP contribution in [-0.4, -0.2) is 28.7 Å². The lowest BCUT2D eigenvalue weighted by molar-refractivity contribution is 0.0521. The minimum atomic E-state index is -0.516. The number of imidazole rings is 1. The lowest BCUT2D eigenvalue weighted by Crippen LogP contribution is -2.09. The molecule has 0 spiro atoms. The van der Waals surface area contributed by atoms with E-state index in [1.165, 1.54) is 0 Å². The van der Waals surface area contributed by atoms with Crippen molar-refractivity contribution in [3.05, 3.63) is 35.8 Å². The zero-order chi connectivity index (χ0) is 15.4. The van der Waals surface area contributed by atoms with Crippen molar-refractivity contribution in [1.29, 1.82) is 0 Å². The predicted molar refractivity (Wildman–Crippen MR) is 79.8 cm³/mol. The molecule has 21 heavy (non-hydrogen) atoms. The van der Waals surface area contributed by atoms with Crippen LogP contribution in [0, 0.1) is 6.92 Å². The van der Waals surface area contributed by atoms with Crippen LogP contribution in [0.5, 0.6) is 5.75 Å². The Bertz CT molecular complexity index is 650. The van der Waals surface area contributed by atoms with Crippen LogP contribution in [0.2, 0.25) is 0 Å². The van der Waals surface area contributed by atoms with Crippen molar-refractivity contribution in [1.82, 2.24) is 9.55 Å². The van der Waals surface area contributed by atoms with E-state index in [1.807, 2.05) is 31.2 Å². The smallest absolute Gasteiger partial charge is 0.360 e. The third-order valence-electron chi connectivity index (χ3n) is 2.94. The first-order chi connectivity index (χ1) is 10.1. The molecule has 0 aliphatic rings. The van der Waals surface area contributed by atoms with Gasteiger partial charge in [0.05, 0.1) is 18.9 Å². The number of nitrogens with zero attached hydrogens (tertiary/aromatic N) is 2. The van der Waals surface area contributed by atoms with Crippen LogP contribution in [0.4, 0.5) is 5.82 Å². The molecule has 2 N–H and O–H groups in total. The third kappa shape index (κ3) is 2.99. The maximum atomic E-state index is 11.8. The Kier molecular flexibility index (Phi) is 4.47. The Hall–Kier alpha value is -2.50. The fourth-order valence-electron chi connectivity index (χ4n) is 2.10. The van der Waals surface area contributed by atoms with Gasteiger partial charge in [0.2, 0.25) is 0 Å². The normalized spacial score (nSPS) is 10.4. The maximum absolute atomic E-state index is 11.8. The summed E-state index contributed by atoms with van der Waals surface area (Å²) < 4.78 is 12.1. The molecule has 1 aromatic carbocycles. The van der Waals surface area contributed by atoms with Crippen molar-refractivity contribution in [3.8, 4) is 11.4 Å². The number of nitrogen functional groups attached to an aromatic ring is 1. The first kappa shape index (κ1) is 14.9. The molecule has 0 amide bonds. The van der Waals surface area contributed by atoms with Crippen molar-refractivity contribution in [2.24, 2.45) is 0 Å². The molecule has 0 saturated carbocycles. The number of carbonyl (C=O) groups is 1. The van der Waals surface area contributed by atoms with Crippen molar-refractivity contribution in [2.45, 2.75) is 20.8 Å². The summed E-state index contributed by atoms with van der Waals surface area (Å²) in [5.41, 5.74) is 6.98. The third-order valence-corrected chi connectivity index (χ3v) is 2.94. The van der Waals surface area contributed by atoms with Gasteiger partial charge in [-0.1, -0.05) is 6.07 Å². The number of esters is 1. The molecule has 0 aliphatic heterocycles. The maximum Gasteiger partial charge on any atom is 0.360 e. The number of hydrogen-bond donors (Lipinski definition) is 1. The summed E-state index contributed by atoms with van der Waals surface area (Å²) >= 11 is 0. The second-order valence-corrected chi connectivity index (χ2v) is 4.38. The fourth-order valence-corrected chi connectivity index (χ4v) is 2.10. The highest BCUT2D eigenvalue weighted by atomic mass is 16.5. The lowest BCUT2D eigenvalue weighted by atomic mass is 10.3. The van der Waals surface area contributed by atoms with Crippen LogP contribution < -0.4 is 10.5 Å². The monoisotopic (exact) mass is 289 g/mol. The molecule has 112 valence electrons. The Balaban J connectivity index is 2.45. The highest BCUT2D eigenvalue weighted by Gasteiger charge is 2.20. The van der Waals surface area contributed by atoms with Crippen LogP contribution in [0.1, 0.15) is 30.2 Å². The fraction of sp³-hybridized carbons (Fsp3) is 0.333. The topological polar surface area (TPSA) is 79.4 Å². The van der Waals surface area contributed by atoms with E-state index in [1.54, 1.807) is 18.4 Å². The van der Waals surface area contributed by atoms with Gasteiger partial charge in [0.15, 0.2) is 5.69 Å². The average Bonchev–Trinajstić information content (AvgIpc) is 2.75. The number of rotatable bonds is 5. The van der Waals surface area contributed by atoms with Crippen LogP contribution in [0.25, 0.3) is 5.69 Å². The average molecular weight is 289 g/mol. The summed E-state index contributed by atoms with van der Waals surface area (Å²) in [5.74, 6) is 1.10. The molecule has 0 atom stereocenters. The van der Waals surface area contributed by atoms with E-state index in [2.05, 4.69) is 4.98 Å². The number of hydrogen-bond acceptors (Lipinski definition) is 5. The van der Waals surface area contributed by atoms with Crippen molar-refractivity contribution in [2.75, 3.05) is 18.9 Å². The summed E-state index contributed by atoms with van der Waals surface area (Å²) in [5, 5.41) is 0. The van der Waals surface area contributed by atoms with Gasteiger partial charge in [-0.05, 0) is 32.9 Å². The summed E-state index contributed by atoms with van der Waals surface area (Å²) in [4.78, 5) is 16.0. The molecule has 6 nitrogen and oxygen atoms in total. The second kappa shape index (κ2) is 6.30. The van der Waals surface area contributed by atoms with E-state index in [-0.39, 0.29) is 18.1 Å². The van der Waals surface area contributed by atoms with Crippen LogP contribution in [0.15, 0.2) is 24.3 Å². The van der Waals surface area contributed by atoms with E-state index in [0.717, 1.165) is 11.4 Å². The molecule has 0 unspecified atom stereocenters. The molecule has 1 aromatic heterocycles. The van der Waals surface area contributed by atoms with Gasteiger partial charge < -0.3 is 15.2 Å². The summed E-state index contributed by atoms with van der Waals surface area (Å²) in [7, 11) is 0. The number of aryl methyl sites for hydroxylation is 1. The Morgan fingerprint density at radius 3 is 2.76 bits per heavy atom. The van der Waals surface area contributed by atoms with E-state index in [4.69, 9.17) is 15.2 Å². The number of nitrogens with two attached hydrogens (primary N) is 1. The van der Waals surface area contributed by atoms with Gasteiger partial charge in [0.25, 0.3) is 0 Å². The molecule has 0 bridgehead atoms. The van der Waals surface area contributed by atoms with Gasteiger partial charge in [-0.25, -0.2) is 9.78 Å². The molecule has 0 fully saturated rings. The van der Waals surface area contributed by atoms with E-state index in [0.29, 0.717) is 12.4 Å². The van der Waals surface area contributed by atoms with Gasteiger partial charge in [-0.15, -0.1) is 0 Å². The molecule has 2 aromatic rings. The van der Waals surface area contributed by atoms with Gasteiger partial charge in [0, 0.05) is 6.07 Å². The molecular weight excluding hydrogens is 270 g/mol. The van der Waals surface area contributed by atoms with Gasteiger partial charge in [-0.2, -0.15) is 0 Å². The number of aromatic nitrogens is 2. The highest BCUT2D eigenvalue weighted by molar-refractivity contribution is 5.92. The van der Waals surface area contributed by atoms with E-state index < -0.39 is 5.97 Å². The highest BCUT2D eigenvalue weighted by Crippen LogP contribution is 2.24. The second-order valence-electron chi connectivity index (χ2n) is 4.38. The zero-order valence-corrected chi connectivity index (χ0v) is 12.4. The zero-order valence-electron chi connectivity index (χ0n) is 12.4. The number of anilines is 1. The van der Waals surface area contributed by atoms with Gasteiger partial charge in [-0.3, -0.25) is 4.57 Å². The number of ether oxygens (including phenoxy) is 2. The molecule has 6 heteroatoms. The molecule has 0 aliphatic carbocycles. The molecule has 1 heterocycles. The molecule has 0 saturated heterocycles. The Morgan fingerprint density at radius 2 is 2.10 bits per heavy atom. The first-order valence-corrected chi connectivity index (χ1v) is 6.83. The van der Waals surface area contributed by atoms with Crippen molar-refractivity contribution in [3.63, 3.8) is 0 Å². The number of carbonyl (C=O) groups excluding carboxylic acids is 1. The first-order valence-electron chi connectivity index (χ1n) is 6.83. The SMILES string of the molecule is CCOC(=O)c1nc(C)n(-c2cccc(OCC)c2)c1N. The summed E-state index contributed by atoms with van der Waals surface area (Å²) in [6.07, 6.45) is 0. The van der Waals surface area contributed by atoms with E-state index >= 15 is 0 Å². The molecule has 2 rings (SSSR count). The van der Waals surface area contributed by atoms with Crippen LogP contribution in [0.3, 0.4) is 0 Å². The van der Waals surface area contributed by atoms with E-state index in [9.17, 15) is 4.79 Å². The van der Waals surface area contributed by atoms with Crippen LogP contribution >= 0.6 is 0 Å². The quantitative estimate of drug-likeness (QED) is 0.855. The molecule has 0 radical (unpaired) electrons. The largest absolute Gasteiger partial charge is 0.494 e. The summed E-state index contributed by atoms with van der Waals surface area (Å²) in [6.45, 7) is 6.30. The lowest BCUT2D eigenvalue weighted by Gasteiger charge is -2.10. The van der Waals surface area contributed by atoms with Crippen molar-refractivity contribution >= 4 is 11.8 Å². The van der Waals surface area contributed by atoms with Gasteiger partial charge >= 0.3 is 5.97 Å². The molecular formula is C15H19N3O3. The minimum absolute atomic E-state index is 0.135. The van der Waals surface area contributed by atoms with Crippen LogP contribution in [-0.2, 0) is 4.74 Å². The predicted octanol–water partition coefficient (Wildman–Crippen LogP) is 2.34.